The molecule has 0 amide bonds. The molecule has 26 heavy (non-hydrogen) atoms. The topological polar surface area (TPSA) is 67.6 Å². The van der Waals surface area contributed by atoms with E-state index in [4.69, 9.17) is 16.3 Å². The molecular weight excluding hydrogens is 436 g/mol. The number of ether oxygens (including phenoxy) is 1. The Morgan fingerprint density at radius 1 is 1.19 bits per heavy atom. The maximum absolute atomic E-state index is 6.34. The third-order valence-corrected chi connectivity index (χ3v) is 5.59. The molecule has 0 saturated carbocycles. The smallest absolute Gasteiger partial charge is 0.196 e. The van der Waals surface area contributed by atoms with Crippen molar-refractivity contribution in [2.24, 2.45) is 0 Å². The monoisotopic (exact) mass is 453 g/mol. The molecule has 0 radical (unpaired) electrons. The molecule has 0 fully saturated rings. The molecule has 1 heterocycles. The average molecular weight is 455 g/mol. The van der Waals surface area contributed by atoms with Gasteiger partial charge in [0.05, 0.1) is 24.4 Å². The summed E-state index contributed by atoms with van der Waals surface area (Å²) in [6, 6.07) is 13.7. The highest BCUT2D eigenvalue weighted by molar-refractivity contribution is 9.10. The van der Waals surface area contributed by atoms with Crippen molar-refractivity contribution in [3.63, 3.8) is 0 Å². The van der Waals surface area contributed by atoms with E-state index in [0.29, 0.717) is 10.8 Å². The Bertz CT molecular complexity index is 885. The molecule has 0 aliphatic carbocycles. The van der Waals surface area contributed by atoms with Crippen molar-refractivity contribution in [1.82, 2.24) is 14.8 Å². The molecule has 0 saturated heterocycles. The fraction of sp³-hybridized carbons (Fsp3) is 0.222. The van der Waals surface area contributed by atoms with Gasteiger partial charge in [0.2, 0.25) is 0 Å². The Labute approximate surface area is 170 Å². The standard InChI is InChI=1S/C18H18BrClN4OS/c1-25-16-8-7-14(11-15(16)20)24-17(12-3-5-13(19)6-4-12)22-23-18(24)26-10-2-9-21/h3-8,11H,2,9-10,21H2,1H3/p+1. The zero-order valence-corrected chi connectivity index (χ0v) is 17.4. The molecule has 5 nitrogen and oxygen atoms in total. The lowest BCUT2D eigenvalue weighted by Gasteiger charge is -2.12. The summed E-state index contributed by atoms with van der Waals surface area (Å²) in [6.07, 6.45) is 1.02. The van der Waals surface area contributed by atoms with Gasteiger partial charge in [-0.2, -0.15) is 0 Å². The Hall–Kier alpha value is -1.54. The summed E-state index contributed by atoms with van der Waals surface area (Å²) in [5.41, 5.74) is 5.78. The minimum Gasteiger partial charge on any atom is -0.495 e. The van der Waals surface area contributed by atoms with Gasteiger partial charge in [-0.05, 0) is 30.3 Å². The Morgan fingerprint density at radius 3 is 2.62 bits per heavy atom. The molecule has 0 spiro atoms. The van der Waals surface area contributed by atoms with Crippen molar-refractivity contribution < 1.29 is 10.5 Å². The van der Waals surface area contributed by atoms with Gasteiger partial charge in [0.1, 0.15) is 5.75 Å². The molecule has 0 atom stereocenters. The van der Waals surface area contributed by atoms with E-state index in [1.807, 2.05) is 47.0 Å². The van der Waals surface area contributed by atoms with Gasteiger partial charge in [-0.15, -0.1) is 10.2 Å². The van der Waals surface area contributed by atoms with Gasteiger partial charge in [0.15, 0.2) is 11.0 Å². The normalized spacial score (nSPS) is 10.9. The van der Waals surface area contributed by atoms with Crippen LogP contribution in [0.15, 0.2) is 52.1 Å². The highest BCUT2D eigenvalue weighted by Crippen LogP contribution is 2.32. The van der Waals surface area contributed by atoms with E-state index in [-0.39, 0.29) is 0 Å². The average Bonchev–Trinajstić information content (AvgIpc) is 3.06. The summed E-state index contributed by atoms with van der Waals surface area (Å²) in [6.45, 7) is 0.898. The first-order valence-electron chi connectivity index (χ1n) is 8.11. The van der Waals surface area contributed by atoms with Crippen LogP contribution in [0, 0.1) is 0 Å². The maximum Gasteiger partial charge on any atom is 0.196 e. The molecule has 0 bridgehead atoms. The third kappa shape index (κ3) is 4.23. The summed E-state index contributed by atoms with van der Waals surface area (Å²) in [5, 5.41) is 10.2. The number of halogens is 2. The zero-order valence-electron chi connectivity index (χ0n) is 14.3. The molecule has 136 valence electrons. The predicted octanol–water partition coefficient (Wildman–Crippen LogP) is 4.08. The van der Waals surface area contributed by atoms with Gasteiger partial charge in [-0.25, -0.2) is 0 Å². The summed E-state index contributed by atoms with van der Waals surface area (Å²) in [4.78, 5) is 0. The largest absolute Gasteiger partial charge is 0.495 e. The Balaban J connectivity index is 2.08. The van der Waals surface area contributed by atoms with E-state index in [9.17, 15) is 0 Å². The lowest BCUT2D eigenvalue weighted by atomic mass is 10.2. The summed E-state index contributed by atoms with van der Waals surface area (Å²) < 4.78 is 8.31. The van der Waals surface area contributed by atoms with Gasteiger partial charge < -0.3 is 10.5 Å². The highest BCUT2D eigenvalue weighted by Gasteiger charge is 2.17. The second kappa shape index (κ2) is 8.90. The fourth-order valence-electron chi connectivity index (χ4n) is 2.44. The number of hydrogen-bond donors (Lipinski definition) is 1. The van der Waals surface area contributed by atoms with Crippen LogP contribution in [-0.2, 0) is 0 Å². The minimum absolute atomic E-state index is 0.550. The zero-order chi connectivity index (χ0) is 18.5. The van der Waals surface area contributed by atoms with Crippen LogP contribution >= 0.6 is 39.3 Å². The van der Waals surface area contributed by atoms with E-state index in [1.54, 1.807) is 18.9 Å². The maximum atomic E-state index is 6.34. The third-order valence-electron chi connectivity index (χ3n) is 3.75. The lowest BCUT2D eigenvalue weighted by Crippen LogP contribution is -2.50. The number of quaternary nitrogens is 1. The van der Waals surface area contributed by atoms with Crippen molar-refractivity contribution in [2.75, 3.05) is 19.4 Å². The van der Waals surface area contributed by atoms with Gasteiger partial charge in [-0.1, -0.05) is 51.4 Å². The molecule has 1 aromatic heterocycles. The first-order chi connectivity index (χ1) is 12.6. The van der Waals surface area contributed by atoms with Crippen LogP contribution in [0.25, 0.3) is 17.1 Å². The van der Waals surface area contributed by atoms with Crippen LogP contribution in [0.5, 0.6) is 5.75 Å². The molecule has 0 unspecified atom stereocenters. The van der Waals surface area contributed by atoms with E-state index < -0.39 is 0 Å². The summed E-state index contributed by atoms with van der Waals surface area (Å²) >= 11 is 11.5. The molecule has 2 aromatic carbocycles. The van der Waals surface area contributed by atoms with Gasteiger partial charge in [0.25, 0.3) is 0 Å². The van der Waals surface area contributed by atoms with Crippen molar-refractivity contribution in [3.05, 3.63) is 52.0 Å². The first-order valence-corrected chi connectivity index (χ1v) is 10.3. The number of thioether (sulfide) groups is 1. The number of hydrogen-bond acceptors (Lipinski definition) is 4. The van der Waals surface area contributed by atoms with E-state index in [2.05, 4.69) is 31.9 Å². The van der Waals surface area contributed by atoms with Crippen molar-refractivity contribution in [3.8, 4) is 22.8 Å². The lowest BCUT2D eigenvalue weighted by molar-refractivity contribution is -0.367. The van der Waals surface area contributed by atoms with Gasteiger partial charge in [0, 0.05) is 22.2 Å². The van der Waals surface area contributed by atoms with Crippen LogP contribution in [0.3, 0.4) is 0 Å². The number of rotatable bonds is 7. The van der Waals surface area contributed by atoms with Crippen LogP contribution in [0.1, 0.15) is 6.42 Å². The van der Waals surface area contributed by atoms with Crippen molar-refractivity contribution >= 4 is 39.3 Å². The van der Waals surface area contributed by atoms with E-state index in [1.165, 1.54) is 0 Å². The number of nitrogens with zero attached hydrogens (tertiary/aromatic N) is 3. The van der Waals surface area contributed by atoms with Crippen LogP contribution in [0.2, 0.25) is 5.02 Å². The molecule has 3 aromatic rings. The Kier molecular flexibility index (Phi) is 6.58. The van der Waals surface area contributed by atoms with Crippen LogP contribution < -0.4 is 10.5 Å². The summed E-state index contributed by atoms with van der Waals surface area (Å²) in [5.74, 6) is 2.35. The van der Waals surface area contributed by atoms with E-state index in [0.717, 1.165) is 45.4 Å². The van der Waals surface area contributed by atoms with Gasteiger partial charge >= 0.3 is 0 Å². The molecule has 0 aliphatic rings. The summed E-state index contributed by atoms with van der Waals surface area (Å²) in [7, 11) is 1.60. The second-order valence-electron chi connectivity index (χ2n) is 5.52. The number of aromatic nitrogens is 3. The van der Waals surface area contributed by atoms with Crippen LogP contribution in [0.4, 0.5) is 0 Å². The predicted molar refractivity (Wildman–Crippen MR) is 109 cm³/mol. The molecule has 3 N–H and O–H groups in total. The molecule has 8 heteroatoms. The van der Waals surface area contributed by atoms with Crippen LogP contribution in [-0.4, -0.2) is 34.2 Å². The van der Waals surface area contributed by atoms with Crippen molar-refractivity contribution in [2.45, 2.75) is 11.6 Å². The number of benzene rings is 2. The van der Waals surface area contributed by atoms with Gasteiger partial charge in [-0.3, -0.25) is 4.57 Å². The minimum atomic E-state index is 0.550. The highest BCUT2D eigenvalue weighted by atomic mass is 79.9. The van der Waals surface area contributed by atoms with E-state index >= 15 is 0 Å². The fourth-order valence-corrected chi connectivity index (χ4v) is 3.91. The molecule has 0 aliphatic heterocycles. The number of methoxy groups -OCH3 is 1. The quantitative estimate of drug-likeness (QED) is 0.431. The first kappa shape index (κ1) is 19.2. The van der Waals surface area contributed by atoms with Crippen molar-refractivity contribution in [1.29, 1.82) is 0 Å². The molecule has 3 rings (SSSR count). The Morgan fingerprint density at radius 2 is 1.96 bits per heavy atom. The SMILES string of the molecule is COc1ccc(-n2c(SCCC[NH3+])nnc2-c2ccc(Br)cc2)cc1Cl. The molecular formula is C18H19BrClN4OS+. The second-order valence-corrected chi connectivity index (χ2v) is 7.91.